The van der Waals surface area contributed by atoms with Gasteiger partial charge in [-0.2, -0.15) is 0 Å². The standard InChI is InChI=1S/C26H23ClN2O6/c1-33-22-11-7-6-10-18(22)14-20(17-8-4-3-5-9-17)26(32)35-16-24(30)28-29-25(31)21-15-19(27)12-13-23(21)34-2/h3-15H,16H2,1-2H3,(H,28,30)(H,29,31)/b20-14+. The zero-order valence-corrected chi connectivity index (χ0v) is 19.8. The molecule has 3 aromatic rings. The van der Waals surface area contributed by atoms with Gasteiger partial charge < -0.3 is 14.2 Å². The molecule has 0 saturated heterocycles. The van der Waals surface area contributed by atoms with Crippen molar-refractivity contribution >= 4 is 41.0 Å². The molecule has 0 radical (unpaired) electrons. The average Bonchev–Trinajstić information content (AvgIpc) is 2.89. The van der Waals surface area contributed by atoms with Gasteiger partial charge in [-0.05, 0) is 35.9 Å². The molecule has 0 aromatic heterocycles. The molecular formula is C26H23ClN2O6. The summed E-state index contributed by atoms with van der Waals surface area (Å²) in [6, 6.07) is 20.6. The highest BCUT2D eigenvalue weighted by Gasteiger charge is 2.18. The van der Waals surface area contributed by atoms with Gasteiger partial charge in [-0.15, -0.1) is 0 Å². The van der Waals surface area contributed by atoms with E-state index < -0.39 is 24.4 Å². The van der Waals surface area contributed by atoms with Crippen LogP contribution in [0.3, 0.4) is 0 Å². The first-order valence-corrected chi connectivity index (χ1v) is 10.8. The van der Waals surface area contributed by atoms with Crippen molar-refractivity contribution in [1.29, 1.82) is 0 Å². The first kappa shape index (κ1) is 25.3. The highest BCUT2D eigenvalue weighted by atomic mass is 35.5. The van der Waals surface area contributed by atoms with Gasteiger partial charge >= 0.3 is 5.97 Å². The molecule has 0 bridgehead atoms. The third-order valence-electron chi connectivity index (χ3n) is 4.80. The van der Waals surface area contributed by atoms with Crippen LogP contribution < -0.4 is 20.3 Å². The maximum absolute atomic E-state index is 12.9. The first-order chi connectivity index (χ1) is 16.9. The second-order valence-electron chi connectivity index (χ2n) is 7.09. The molecule has 2 N–H and O–H groups in total. The molecule has 0 heterocycles. The molecule has 0 atom stereocenters. The molecular weight excluding hydrogens is 472 g/mol. The lowest BCUT2D eigenvalue weighted by molar-refractivity contribution is -0.143. The summed E-state index contributed by atoms with van der Waals surface area (Å²) in [5, 5.41) is 0.325. The Labute approximate surface area is 207 Å². The maximum atomic E-state index is 12.9. The molecule has 3 rings (SSSR count). The number of hydrogen-bond acceptors (Lipinski definition) is 6. The number of rotatable bonds is 8. The van der Waals surface area contributed by atoms with Crippen LogP contribution in [0.4, 0.5) is 0 Å². The molecule has 2 amide bonds. The molecule has 3 aromatic carbocycles. The van der Waals surface area contributed by atoms with Gasteiger partial charge in [-0.3, -0.25) is 20.4 Å². The second-order valence-corrected chi connectivity index (χ2v) is 7.53. The lowest BCUT2D eigenvalue weighted by atomic mass is 10.0. The number of methoxy groups -OCH3 is 2. The molecule has 35 heavy (non-hydrogen) atoms. The highest BCUT2D eigenvalue weighted by Crippen LogP contribution is 2.25. The van der Waals surface area contributed by atoms with Crippen molar-refractivity contribution in [2.45, 2.75) is 0 Å². The van der Waals surface area contributed by atoms with E-state index in [9.17, 15) is 14.4 Å². The Morgan fingerprint density at radius 2 is 1.54 bits per heavy atom. The number of benzene rings is 3. The zero-order chi connectivity index (χ0) is 25.2. The van der Waals surface area contributed by atoms with E-state index in [2.05, 4.69) is 10.9 Å². The molecule has 0 unspecified atom stereocenters. The monoisotopic (exact) mass is 494 g/mol. The van der Waals surface area contributed by atoms with E-state index in [4.69, 9.17) is 25.8 Å². The fourth-order valence-corrected chi connectivity index (χ4v) is 3.29. The van der Waals surface area contributed by atoms with E-state index in [0.717, 1.165) is 0 Å². The molecule has 0 aliphatic carbocycles. The number of carbonyl (C=O) groups excluding carboxylic acids is 3. The normalized spacial score (nSPS) is 10.8. The Hall–Kier alpha value is -4.30. The molecule has 0 fully saturated rings. The summed E-state index contributed by atoms with van der Waals surface area (Å²) in [7, 11) is 2.94. The predicted molar refractivity (Wildman–Crippen MR) is 132 cm³/mol. The molecule has 9 heteroatoms. The number of halogens is 1. The minimum Gasteiger partial charge on any atom is -0.496 e. The number of ether oxygens (including phenoxy) is 3. The van der Waals surface area contributed by atoms with E-state index in [0.29, 0.717) is 21.9 Å². The average molecular weight is 495 g/mol. The number of carbonyl (C=O) groups is 3. The number of para-hydroxylation sites is 1. The smallest absolute Gasteiger partial charge is 0.339 e. The van der Waals surface area contributed by atoms with Crippen LogP contribution in [0.25, 0.3) is 11.6 Å². The van der Waals surface area contributed by atoms with Crippen LogP contribution in [-0.2, 0) is 14.3 Å². The molecule has 180 valence electrons. The molecule has 0 aliphatic rings. The van der Waals surface area contributed by atoms with Crippen LogP contribution in [0.5, 0.6) is 11.5 Å². The van der Waals surface area contributed by atoms with Crippen molar-refractivity contribution in [3.8, 4) is 11.5 Å². The number of amides is 2. The van der Waals surface area contributed by atoms with Gasteiger partial charge in [0.05, 0.1) is 25.4 Å². The second kappa shape index (κ2) is 12.2. The van der Waals surface area contributed by atoms with Gasteiger partial charge in [0.15, 0.2) is 6.61 Å². The summed E-state index contributed by atoms with van der Waals surface area (Å²) in [6.45, 7) is -0.623. The third kappa shape index (κ3) is 6.84. The van der Waals surface area contributed by atoms with Gasteiger partial charge in [-0.25, -0.2) is 4.79 Å². The predicted octanol–water partition coefficient (Wildman–Crippen LogP) is 3.90. The minimum absolute atomic E-state index is 0.128. The Kier molecular flexibility index (Phi) is 8.86. The van der Waals surface area contributed by atoms with Crippen molar-refractivity contribution in [2.24, 2.45) is 0 Å². The SMILES string of the molecule is COc1ccccc1/C=C(/C(=O)OCC(=O)NNC(=O)c1cc(Cl)ccc1OC)c1ccccc1. The zero-order valence-electron chi connectivity index (χ0n) is 19.0. The van der Waals surface area contributed by atoms with Crippen molar-refractivity contribution in [2.75, 3.05) is 20.8 Å². The molecule has 0 aliphatic heterocycles. The van der Waals surface area contributed by atoms with Gasteiger partial charge in [0.25, 0.3) is 11.8 Å². The largest absolute Gasteiger partial charge is 0.496 e. The minimum atomic E-state index is -0.739. The Bertz CT molecular complexity index is 1240. The van der Waals surface area contributed by atoms with Crippen LogP contribution in [0, 0.1) is 0 Å². The fourth-order valence-electron chi connectivity index (χ4n) is 3.12. The number of esters is 1. The summed E-state index contributed by atoms with van der Waals surface area (Å²) in [6.07, 6.45) is 1.63. The lowest BCUT2D eigenvalue weighted by Gasteiger charge is -2.12. The highest BCUT2D eigenvalue weighted by molar-refractivity contribution is 6.31. The van der Waals surface area contributed by atoms with Crippen molar-refractivity contribution in [3.05, 3.63) is 94.5 Å². The van der Waals surface area contributed by atoms with E-state index in [-0.39, 0.29) is 16.9 Å². The first-order valence-electron chi connectivity index (χ1n) is 10.4. The lowest BCUT2D eigenvalue weighted by Crippen LogP contribution is -2.43. The van der Waals surface area contributed by atoms with Crippen LogP contribution in [0.1, 0.15) is 21.5 Å². The van der Waals surface area contributed by atoms with Crippen LogP contribution in [0.2, 0.25) is 5.02 Å². The molecule has 8 nitrogen and oxygen atoms in total. The van der Waals surface area contributed by atoms with Gasteiger partial charge in [0.1, 0.15) is 11.5 Å². The van der Waals surface area contributed by atoms with Crippen LogP contribution in [-0.4, -0.2) is 38.6 Å². The van der Waals surface area contributed by atoms with Crippen molar-refractivity contribution in [1.82, 2.24) is 10.9 Å². The topological polar surface area (TPSA) is 103 Å². The number of hydrazine groups is 1. The summed E-state index contributed by atoms with van der Waals surface area (Å²) in [5.74, 6) is -1.25. The van der Waals surface area contributed by atoms with Gasteiger partial charge in [-0.1, -0.05) is 60.1 Å². The van der Waals surface area contributed by atoms with Gasteiger partial charge in [0.2, 0.25) is 0 Å². The van der Waals surface area contributed by atoms with Crippen molar-refractivity contribution in [3.63, 3.8) is 0 Å². The summed E-state index contributed by atoms with van der Waals surface area (Å²) in [5.41, 5.74) is 6.07. The Morgan fingerprint density at radius 3 is 2.26 bits per heavy atom. The fraction of sp³-hybridized carbons (Fsp3) is 0.115. The van der Waals surface area contributed by atoms with Gasteiger partial charge in [0, 0.05) is 10.6 Å². The molecule has 0 saturated carbocycles. The van der Waals surface area contributed by atoms with E-state index in [1.807, 2.05) is 18.2 Å². The quantitative estimate of drug-likeness (QED) is 0.213. The molecule has 0 spiro atoms. The van der Waals surface area contributed by atoms with E-state index in [1.165, 1.54) is 26.4 Å². The maximum Gasteiger partial charge on any atom is 0.339 e. The van der Waals surface area contributed by atoms with Crippen molar-refractivity contribution < 1.29 is 28.6 Å². The Balaban J connectivity index is 1.67. The number of hydrogen-bond donors (Lipinski definition) is 2. The summed E-state index contributed by atoms with van der Waals surface area (Å²) >= 11 is 5.93. The van der Waals surface area contributed by atoms with Crippen LogP contribution >= 0.6 is 11.6 Å². The summed E-state index contributed by atoms with van der Waals surface area (Å²) in [4.78, 5) is 37.5. The Morgan fingerprint density at radius 1 is 0.857 bits per heavy atom. The van der Waals surface area contributed by atoms with E-state index in [1.54, 1.807) is 48.5 Å². The third-order valence-corrected chi connectivity index (χ3v) is 5.03. The number of nitrogens with one attached hydrogen (secondary N) is 2. The van der Waals surface area contributed by atoms with Crippen LogP contribution in [0.15, 0.2) is 72.8 Å². The summed E-state index contributed by atoms with van der Waals surface area (Å²) < 4.78 is 15.7. The van der Waals surface area contributed by atoms with E-state index >= 15 is 0 Å².